The number of rotatable bonds is 9. The van der Waals surface area contributed by atoms with Crippen LogP contribution in [-0.4, -0.2) is 29.5 Å². The minimum absolute atomic E-state index is 0.626. The third kappa shape index (κ3) is 7.62. The lowest BCUT2D eigenvalue weighted by Crippen LogP contribution is -2.00. The van der Waals surface area contributed by atoms with Crippen LogP contribution in [0.2, 0.25) is 0 Å². The first-order valence-electron chi connectivity index (χ1n) is 22.4. The summed E-state index contributed by atoms with van der Waals surface area (Å²) in [5, 5.41) is 2.13. The summed E-state index contributed by atoms with van der Waals surface area (Å²) in [4.78, 5) is 25.5. The number of fused-ring (bicyclic) bond motifs is 3. The van der Waals surface area contributed by atoms with E-state index in [4.69, 9.17) is 24.9 Å². The van der Waals surface area contributed by atoms with Gasteiger partial charge in [-0.25, -0.2) is 24.9 Å². The maximum absolute atomic E-state index is 5.36. The molecule has 12 rings (SSSR count). The minimum Gasteiger partial charge on any atom is -0.294 e. The predicted molar refractivity (Wildman–Crippen MR) is 273 cm³/mol. The van der Waals surface area contributed by atoms with E-state index < -0.39 is 0 Å². The Kier molecular flexibility index (Phi) is 10.1. The van der Waals surface area contributed by atoms with Gasteiger partial charge in [-0.2, -0.15) is 0 Å². The topological polar surface area (TPSA) is 69.4 Å². The van der Waals surface area contributed by atoms with Crippen LogP contribution in [0.3, 0.4) is 0 Å². The average molecular weight is 857 g/mol. The Hall–Kier alpha value is -9.13. The second-order valence-electron chi connectivity index (χ2n) is 16.5. The fourth-order valence-corrected chi connectivity index (χ4v) is 8.99. The van der Waals surface area contributed by atoms with Gasteiger partial charge in [0.25, 0.3) is 0 Å². The van der Waals surface area contributed by atoms with Gasteiger partial charge in [0.2, 0.25) is 0 Å². The number of nitrogens with zero attached hydrogens (tertiary/aromatic N) is 6. The van der Waals surface area contributed by atoms with Crippen LogP contribution in [-0.2, 0) is 0 Å². The van der Waals surface area contributed by atoms with Gasteiger partial charge in [-0.15, -0.1) is 0 Å². The van der Waals surface area contributed by atoms with Crippen molar-refractivity contribution < 1.29 is 0 Å². The first-order chi connectivity index (χ1) is 33.2. The summed E-state index contributed by atoms with van der Waals surface area (Å²) >= 11 is 0. The molecule has 67 heavy (non-hydrogen) atoms. The minimum atomic E-state index is 0.626. The molecule has 12 aromatic rings. The molecule has 0 aliphatic heterocycles. The normalized spacial score (nSPS) is 11.3. The molecule has 0 radical (unpaired) electrons. The van der Waals surface area contributed by atoms with E-state index in [0.717, 1.165) is 94.5 Å². The molecule has 0 saturated carbocycles. The molecule has 0 N–H and O–H groups in total. The van der Waals surface area contributed by atoms with Crippen molar-refractivity contribution in [3.05, 3.63) is 243 Å². The molecule has 9 aromatic carbocycles. The summed E-state index contributed by atoms with van der Waals surface area (Å²) < 4.78 is 2.26. The molecular formula is C61H40N6. The second kappa shape index (κ2) is 17.1. The Morgan fingerprint density at radius 2 is 0.597 bits per heavy atom. The van der Waals surface area contributed by atoms with Crippen molar-refractivity contribution in [1.29, 1.82) is 0 Å². The zero-order valence-electron chi connectivity index (χ0n) is 36.3. The van der Waals surface area contributed by atoms with Gasteiger partial charge < -0.3 is 0 Å². The van der Waals surface area contributed by atoms with Crippen molar-refractivity contribution in [1.82, 2.24) is 29.5 Å². The summed E-state index contributed by atoms with van der Waals surface area (Å²) in [5.74, 6) is 2.59. The van der Waals surface area contributed by atoms with Crippen LogP contribution in [0, 0.1) is 0 Å². The van der Waals surface area contributed by atoms with Crippen LogP contribution in [0.4, 0.5) is 0 Å². The smallest absolute Gasteiger partial charge is 0.164 e. The van der Waals surface area contributed by atoms with Crippen LogP contribution >= 0.6 is 0 Å². The molecule has 0 atom stereocenters. The van der Waals surface area contributed by atoms with E-state index in [2.05, 4.69) is 162 Å². The Morgan fingerprint density at radius 1 is 0.254 bits per heavy atom. The quantitative estimate of drug-likeness (QED) is 0.145. The molecular weight excluding hydrogens is 817 g/mol. The van der Waals surface area contributed by atoms with Crippen molar-refractivity contribution in [3.8, 4) is 95.9 Å². The fourth-order valence-electron chi connectivity index (χ4n) is 8.99. The molecule has 0 fully saturated rings. The van der Waals surface area contributed by atoms with E-state index in [1.165, 1.54) is 0 Å². The maximum atomic E-state index is 5.36. The van der Waals surface area contributed by atoms with Crippen molar-refractivity contribution in [2.75, 3.05) is 0 Å². The Morgan fingerprint density at radius 3 is 1.09 bits per heavy atom. The zero-order chi connectivity index (χ0) is 44.5. The first kappa shape index (κ1) is 39.5. The van der Waals surface area contributed by atoms with Gasteiger partial charge >= 0.3 is 0 Å². The monoisotopic (exact) mass is 856 g/mol. The molecule has 3 aromatic heterocycles. The Labute approximate surface area is 388 Å². The van der Waals surface area contributed by atoms with Gasteiger partial charge in [-0.3, -0.25) is 4.57 Å². The molecule has 0 spiro atoms. The molecule has 0 aliphatic rings. The van der Waals surface area contributed by atoms with E-state index in [-0.39, 0.29) is 0 Å². The fraction of sp³-hybridized carbons (Fsp3) is 0. The zero-order valence-corrected chi connectivity index (χ0v) is 36.3. The summed E-state index contributed by atoms with van der Waals surface area (Å²) in [6.45, 7) is 0. The number of benzene rings is 9. The van der Waals surface area contributed by atoms with Gasteiger partial charge in [0.1, 0.15) is 5.65 Å². The molecule has 314 valence electrons. The van der Waals surface area contributed by atoms with Gasteiger partial charge in [-0.05, 0) is 75.8 Å². The lowest BCUT2D eigenvalue weighted by atomic mass is 9.94. The van der Waals surface area contributed by atoms with E-state index in [0.29, 0.717) is 23.3 Å². The molecule has 0 aliphatic carbocycles. The number of hydrogen-bond acceptors (Lipinski definition) is 5. The van der Waals surface area contributed by atoms with Crippen LogP contribution in [0.5, 0.6) is 0 Å². The van der Waals surface area contributed by atoms with Gasteiger partial charge in [0, 0.05) is 38.9 Å². The molecule has 0 amide bonds. The van der Waals surface area contributed by atoms with Gasteiger partial charge in [-0.1, -0.05) is 200 Å². The van der Waals surface area contributed by atoms with Crippen molar-refractivity contribution >= 4 is 21.9 Å². The van der Waals surface area contributed by atoms with E-state index in [1.807, 2.05) is 84.9 Å². The highest BCUT2D eigenvalue weighted by atomic mass is 15.1. The highest BCUT2D eigenvalue weighted by molar-refractivity contribution is 6.14. The van der Waals surface area contributed by atoms with Crippen molar-refractivity contribution in [3.63, 3.8) is 0 Å². The number of hydrogen-bond donors (Lipinski definition) is 0. The largest absolute Gasteiger partial charge is 0.294 e. The molecule has 0 unspecified atom stereocenters. The standard InChI is InChI=1S/C61H40N6/c1-5-19-41(20-6-1)57-62-56(55-53-35-13-14-36-54(53)67(61(55)66-57)52-33-11-4-12-34-52)50-31-17-29-48(39-50)46-27-15-25-44(37-46)45-26-16-28-47(38-45)49-30-18-32-51(40-49)60-64-58(42-21-7-2-8-22-42)63-59(65-60)43-23-9-3-10-24-43/h1-40H. The molecule has 0 bridgehead atoms. The van der Waals surface area contributed by atoms with E-state index in [9.17, 15) is 0 Å². The summed E-state index contributed by atoms with van der Waals surface area (Å²) in [5.41, 5.74) is 15.3. The lowest BCUT2D eigenvalue weighted by molar-refractivity contribution is 1.07. The van der Waals surface area contributed by atoms with E-state index >= 15 is 0 Å². The highest BCUT2D eigenvalue weighted by Gasteiger charge is 2.21. The molecule has 0 saturated heterocycles. The summed E-state index contributed by atoms with van der Waals surface area (Å²) in [6.07, 6.45) is 0. The maximum Gasteiger partial charge on any atom is 0.164 e. The van der Waals surface area contributed by atoms with Crippen LogP contribution in [0.25, 0.3) is 118 Å². The Bertz CT molecular complexity index is 3680. The summed E-state index contributed by atoms with van der Waals surface area (Å²) in [6, 6.07) is 84.1. The van der Waals surface area contributed by atoms with Crippen LogP contribution in [0.15, 0.2) is 243 Å². The average Bonchev–Trinajstić information content (AvgIpc) is 3.76. The third-order valence-corrected chi connectivity index (χ3v) is 12.2. The number of para-hydroxylation sites is 2. The van der Waals surface area contributed by atoms with Gasteiger partial charge in [0.05, 0.1) is 16.6 Å². The predicted octanol–water partition coefficient (Wildman–Crippen LogP) is 15.1. The van der Waals surface area contributed by atoms with E-state index in [1.54, 1.807) is 0 Å². The van der Waals surface area contributed by atoms with Crippen molar-refractivity contribution in [2.45, 2.75) is 0 Å². The second-order valence-corrected chi connectivity index (χ2v) is 16.5. The molecule has 6 nitrogen and oxygen atoms in total. The molecule has 3 heterocycles. The Balaban J connectivity index is 0.918. The number of aromatic nitrogens is 6. The third-order valence-electron chi connectivity index (χ3n) is 12.2. The highest BCUT2D eigenvalue weighted by Crippen LogP contribution is 2.40. The van der Waals surface area contributed by atoms with Gasteiger partial charge in [0.15, 0.2) is 23.3 Å². The summed E-state index contributed by atoms with van der Waals surface area (Å²) in [7, 11) is 0. The van der Waals surface area contributed by atoms with Crippen molar-refractivity contribution in [2.24, 2.45) is 0 Å². The van der Waals surface area contributed by atoms with Crippen LogP contribution in [0.1, 0.15) is 0 Å². The molecule has 6 heteroatoms. The SMILES string of the molecule is c1ccc(-c2nc(-c3ccccc3)nc(-c3cccc(-c4cccc(-c5cccc(-c6cccc(-c7nc(-c8ccccc8)nc8c7c7ccccc7n8-c7ccccc7)c6)c5)c4)c3)n2)cc1. The lowest BCUT2D eigenvalue weighted by Gasteiger charge is -2.12. The first-order valence-corrected chi connectivity index (χ1v) is 22.4. The van der Waals surface area contributed by atoms with Crippen LogP contribution < -0.4 is 0 Å².